The molecule has 1 aromatic rings. The zero-order valence-electron chi connectivity index (χ0n) is 11.0. The summed E-state index contributed by atoms with van der Waals surface area (Å²) in [6, 6.07) is 4.51. The predicted octanol–water partition coefficient (Wildman–Crippen LogP) is 2.13. The molecule has 1 aromatic carbocycles. The lowest BCUT2D eigenvalue weighted by Crippen LogP contribution is -2.42. The maximum atomic E-state index is 12.5. The molecule has 0 saturated carbocycles. The Balaban J connectivity index is 2.29. The second kappa shape index (κ2) is 5.71. The lowest BCUT2D eigenvalue weighted by Gasteiger charge is -2.29. The number of sulfonamides is 1. The SMILES string of the molecule is Cc1cc(S(=O)(=O)N2CCC[C@H](C(=O)O)C2)ccc1Cl. The molecule has 0 amide bonds. The summed E-state index contributed by atoms with van der Waals surface area (Å²) >= 11 is 5.90. The van der Waals surface area contributed by atoms with Gasteiger partial charge in [-0.05, 0) is 43.5 Å². The van der Waals surface area contributed by atoms with Gasteiger partial charge < -0.3 is 5.11 Å². The zero-order valence-corrected chi connectivity index (χ0v) is 12.6. The fourth-order valence-corrected chi connectivity index (χ4v) is 4.02. The number of piperidine rings is 1. The van der Waals surface area contributed by atoms with Crippen molar-refractivity contribution < 1.29 is 18.3 Å². The van der Waals surface area contributed by atoms with Crippen molar-refractivity contribution in [2.24, 2.45) is 5.92 Å². The molecule has 0 spiro atoms. The van der Waals surface area contributed by atoms with Gasteiger partial charge in [0.15, 0.2) is 0 Å². The zero-order chi connectivity index (χ0) is 14.9. The molecule has 2 rings (SSSR count). The molecule has 0 aliphatic carbocycles. The van der Waals surface area contributed by atoms with Crippen LogP contribution in [0.25, 0.3) is 0 Å². The van der Waals surface area contributed by atoms with E-state index in [1.165, 1.54) is 16.4 Å². The third-order valence-electron chi connectivity index (χ3n) is 3.50. The van der Waals surface area contributed by atoms with Crippen LogP contribution in [0.1, 0.15) is 18.4 Å². The van der Waals surface area contributed by atoms with Gasteiger partial charge in [0.05, 0.1) is 10.8 Å². The van der Waals surface area contributed by atoms with Crippen molar-refractivity contribution in [2.75, 3.05) is 13.1 Å². The highest BCUT2D eigenvalue weighted by Gasteiger charge is 2.33. The third-order valence-corrected chi connectivity index (χ3v) is 5.79. The van der Waals surface area contributed by atoms with Gasteiger partial charge in [-0.25, -0.2) is 8.42 Å². The molecule has 1 aliphatic heterocycles. The number of hydrogen-bond donors (Lipinski definition) is 1. The highest BCUT2D eigenvalue weighted by Crippen LogP contribution is 2.26. The van der Waals surface area contributed by atoms with Gasteiger partial charge in [-0.1, -0.05) is 11.6 Å². The molecule has 1 fully saturated rings. The summed E-state index contributed by atoms with van der Waals surface area (Å²) in [7, 11) is -3.66. The first-order valence-electron chi connectivity index (χ1n) is 6.31. The summed E-state index contributed by atoms with van der Waals surface area (Å²) in [5.41, 5.74) is 0.680. The second-order valence-corrected chi connectivity index (χ2v) is 7.30. The number of nitrogens with zero attached hydrogens (tertiary/aromatic N) is 1. The number of aliphatic carboxylic acids is 1. The maximum Gasteiger partial charge on any atom is 0.307 e. The van der Waals surface area contributed by atoms with Crippen LogP contribution >= 0.6 is 11.6 Å². The monoisotopic (exact) mass is 317 g/mol. The van der Waals surface area contributed by atoms with E-state index in [9.17, 15) is 13.2 Å². The summed E-state index contributed by atoms with van der Waals surface area (Å²) in [5.74, 6) is -1.58. The fourth-order valence-electron chi connectivity index (χ4n) is 2.29. The summed E-state index contributed by atoms with van der Waals surface area (Å²) in [6.07, 6.45) is 1.07. The van der Waals surface area contributed by atoms with Crippen LogP contribution in [0.3, 0.4) is 0 Å². The largest absolute Gasteiger partial charge is 0.481 e. The van der Waals surface area contributed by atoms with E-state index in [4.69, 9.17) is 16.7 Å². The Kier molecular flexibility index (Phi) is 4.36. The highest BCUT2D eigenvalue weighted by atomic mass is 35.5. The molecule has 20 heavy (non-hydrogen) atoms. The number of carbonyl (C=O) groups is 1. The Morgan fingerprint density at radius 2 is 2.15 bits per heavy atom. The van der Waals surface area contributed by atoms with Crippen LogP contribution in [-0.4, -0.2) is 36.9 Å². The number of benzene rings is 1. The number of hydrogen-bond acceptors (Lipinski definition) is 3. The van der Waals surface area contributed by atoms with E-state index >= 15 is 0 Å². The Hall–Kier alpha value is -1.11. The minimum Gasteiger partial charge on any atom is -0.481 e. The lowest BCUT2D eigenvalue weighted by molar-refractivity contribution is -0.142. The number of aryl methyl sites for hydroxylation is 1. The van der Waals surface area contributed by atoms with E-state index in [-0.39, 0.29) is 11.4 Å². The Bertz CT molecular complexity index is 629. The lowest BCUT2D eigenvalue weighted by atomic mass is 10.0. The summed E-state index contributed by atoms with van der Waals surface area (Å²) in [6.45, 7) is 2.12. The molecule has 110 valence electrons. The van der Waals surface area contributed by atoms with Crippen LogP contribution in [0.15, 0.2) is 23.1 Å². The Labute approximate surface area is 123 Å². The second-order valence-electron chi connectivity index (χ2n) is 4.95. The van der Waals surface area contributed by atoms with Gasteiger partial charge in [0.1, 0.15) is 0 Å². The van der Waals surface area contributed by atoms with Crippen molar-refractivity contribution in [3.8, 4) is 0 Å². The smallest absolute Gasteiger partial charge is 0.307 e. The maximum absolute atomic E-state index is 12.5. The van der Waals surface area contributed by atoms with Gasteiger partial charge in [-0.2, -0.15) is 4.31 Å². The van der Waals surface area contributed by atoms with Crippen molar-refractivity contribution in [1.82, 2.24) is 4.31 Å². The van der Waals surface area contributed by atoms with Crippen molar-refractivity contribution >= 4 is 27.6 Å². The molecule has 0 radical (unpaired) electrons. The average molecular weight is 318 g/mol. The van der Waals surface area contributed by atoms with E-state index in [0.29, 0.717) is 30.0 Å². The summed E-state index contributed by atoms with van der Waals surface area (Å²) < 4.78 is 26.3. The standard InChI is InChI=1S/C13H16ClNO4S/c1-9-7-11(4-5-12(9)14)20(18,19)15-6-2-3-10(8-15)13(16)17/h4-5,7,10H,2-3,6,8H2,1H3,(H,16,17)/t10-/m0/s1. The molecule has 0 bridgehead atoms. The number of carboxylic acid groups (broad SMARTS) is 1. The van der Waals surface area contributed by atoms with Crippen molar-refractivity contribution in [1.29, 1.82) is 0 Å². The molecule has 0 unspecified atom stereocenters. The first-order chi connectivity index (χ1) is 9.32. The van der Waals surface area contributed by atoms with Gasteiger partial charge >= 0.3 is 5.97 Å². The minimum atomic E-state index is -3.66. The Morgan fingerprint density at radius 1 is 1.45 bits per heavy atom. The summed E-state index contributed by atoms with van der Waals surface area (Å²) in [4.78, 5) is 11.2. The topological polar surface area (TPSA) is 74.7 Å². The third kappa shape index (κ3) is 2.97. The highest BCUT2D eigenvalue weighted by molar-refractivity contribution is 7.89. The van der Waals surface area contributed by atoms with Crippen LogP contribution in [-0.2, 0) is 14.8 Å². The number of rotatable bonds is 3. The van der Waals surface area contributed by atoms with Crippen molar-refractivity contribution in [2.45, 2.75) is 24.7 Å². The van der Waals surface area contributed by atoms with Crippen molar-refractivity contribution in [3.05, 3.63) is 28.8 Å². The van der Waals surface area contributed by atoms with Gasteiger partial charge in [-0.3, -0.25) is 4.79 Å². The van der Waals surface area contributed by atoms with Crippen LogP contribution < -0.4 is 0 Å². The first kappa shape index (κ1) is 15.3. The quantitative estimate of drug-likeness (QED) is 0.926. The molecule has 1 heterocycles. The number of carboxylic acids is 1. The van der Waals surface area contributed by atoms with Crippen LogP contribution in [0, 0.1) is 12.8 Å². The Morgan fingerprint density at radius 3 is 2.75 bits per heavy atom. The molecule has 1 aliphatic rings. The molecular formula is C13H16ClNO4S. The summed E-state index contributed by atoms with van der Waals surface area (Å²) in [5, 5.41) is 9.54. The van der Waals surface area contributed by atoms with Crippen LogP contribution in [0.5, 0.6) is 0 Å². The van der Waals surface area contributed by atoms with E-state index in [1.54, 1.807) is 13.0 Å². The van der Waals surface area contributed by atoms with Gasteiger partial charge in [0.2, 0.25) is 10.0 Å². The van der Waals surface area contributed by atoms with Gasteiger partial charge in [-0.15, -0.1) is 0 Å². The molecule has 5 nitrogen and oxygen atoms in total. The van der Waals surface area contributed by atoms with Gasteiger partial charge in [0.25, 0.3) is 0 Å². The average Bonchev–Trinajstić information content (AvgIpc) is 2.42. The van der Waals surface area contributed by atoms with E-state index < -0.39 is 21.9 Å². The normalized spacial score (nSPS) is 20.8. The molecule has 1 atom stereocenters. The van der Waals surface area contributed by atoms with E-state index in [2.05, 4.69) is 0 Å². The number of halogens is 1. The predicted molar refractivity (Wildman–Crippen MR) is 75.3 cm³/mol. The van der Waals surface area contributed by atoms with Crippen LogP contribution in [0.4, 0.5) is 0 Å². The molecule has 1 saturated heterocycles. The van der Waals surface area contributed by atoms with Crippen molar-refractivity contribution in [3.63, 3.8) is 0 Å². The van der Waals surface area contributed by atoms with E-state index in [0.717, 1.165) is 0 Å². The fraction of sp³-hybridized carbons (Fsp3) is 0.462. The molecular weight excluding hydrogens is 302 g/mol. The molecule has 1 N–H and O–H groups in total. The van der Waals surface area contributed by atoms with Crippen LogP contribution in [0.2, 0.25) is 5.02 Å². The van der Waals surface area contributed by atoms with Gasteiger partial charge in [0, 0.05) is 18.1 Å². The minimum absolute atomic E-state index is 0.0271. The molecule has 0 aromatic heterocycles. The molecule has 7 heteroatoms. The van der Waals surface area contributed by atoms with E-state index in [1.807, 2.05) is 0 Å². The first-order valence-corrected chi connectivity index (χ1v) is 8.13.